The lowest BCUT2D eigenvalue weighted by atomic mass is 9.99. The average molecular weight is 1100 g/mol. The summed E-state index contributed by atoms with van der Waals surface area (Å²) in [5, 5.41) is 10.5. The molecule has 0 bridgehead atoms. The topological polar surface area (TPSA) is 270 Å². The number of hydroxylamine groups is 2. The van der Waals surface area contributed by atoms with E-state index >= 15 is 0 Å². The van der Waals surface area contributed by atoms with E-state index in [4.69, 9.17) is 28.8 Å². The van der Waals surface area contributed by atoms with E-state index in [2.05, 4.69) is 27.3 Å². The summed E-state index contributed by atoms with van der Waals surface area (Å²) in [6, 6.07) is 27.6. The van der Waals surface area contributed by atoms with Crippen molar-refractivity contribution >= 4 is 82.2 Å². The molecule has 1 fully saturated rings. The van der Waals surface area contributed by atoms with Gasteiger partial charge in [0.25, 0.3) is 23.6 Å². The average Bonchev–Trinajstić information content (AvgIpc) is 4.00. The number of carbonyl (C=O) groups is 9. The molecule has 418 valence electrons. The lowest BCUT2D eigenvalue weighted by molar-refractivity contribution is -0.197. The number of unbranched alkanes of at least 4 members (excludes halogenated alkanes) is 1. The van der Waals surface area contributed by atoms with Crippen LogP contribution in [-0.2, 0) is 70.9 Å². The number of anilines is 3. The van der Waals surface area contributed by atoms with E-state index in [1.807, 2.05) is 59.5 Å². The highest BCUT2D eigenvalue weighted by atomic mass is 16.7. The number of aliphatic imine (C=N–C) groups is 1. The number of hydrogen-bond acceptors (Lipinski definition) is 15. The molecule has 22 nitrogen and oxygen atoms in total. The Hall–Kier alpha value is -9.60. The van der Waals surface area contributed by atoms with E-state index in [0.717, 1.165) is 40.9 Å². The van der Waals surface area contributed by atoms with E-state index in [1.54, 1.807) is 41.4 Å². The van der Waals surface area contributed by atoms with E-state index in [-0.39, 0.29) is 75.6 Å². The molecule has 5 aromatic carbocycles. The van der Waals surface area contributed by atoms with Crippen molar-refractivity contribution in [2.24, 2.45) is 4.99 Å². The summed E-state index contributed by atoms with van der Waals surface area (Å²) in [6.45, 7) is -1.46. The molecule has 0 aliphatic carbocycles. The second-order valence-electron chi connectivity index (χ2n) is 20.0. The maximum Gasteiger partial charge on any atom is 0.333 e. The number of aryl methyl sites for hydroxylation is 1. The predicted octanol–water partition coefficient (Wildman–Crippen LogP) is 5.12. The zero-order chi connectivity index (χ0) is 56.7. The number of hydrogen-bond donors (Lipinski definition) is 4. The van der Waals surface area contributed by atoms with Crippen LogP contribution in [0, 0.1) is 0 Å². The Morgan fingerprint density at radius 3 is 1.81 bits per heavy atom. The number of nitrogens with zero attached hydrogens (tertiary/aromatic N) is 4. The number of nitrogens with one attached hydrogen (secondary N) is 4. The van der Waals surface area contributed by atoms with E-state index in [9.17, 15) is 43.2 Å². The number of amides is 8. The molecule has 5 aliphatic heterocycles. The highest BCUT2D eigenvalue weighted by Gasteiger charge is 2.39. The number of imide groups is 1. The fourth-order valence-electron chi connectivity index (χ4n) is 10.5. The molecule has 8 amide bonds. The number of fused-ring (bicyclic) bond motifs is 8. The van der Waals surface area contributed by atoms with Crippen molar-refractivity contribution in [3.63, 3.8) is 0 Å². The van der Waals surface area contributed by atoms with Crippen LogP contribution in [0.25, 0.3) is 0 Å². The molecule has 5 aliphatic rings. The Morgan fingerprint density at radius 1 is 0.580 bits per heavy atom. The maximum atomic E-state index is 14.1. The Balaban J connectivity index is 0.774. The molecular weight excluding hydrogens is 1040 g/mol. The zero-order valence-corrected chi connectivity index (χ0v) is 44.5. The van der Waals surface area contributed by atoms with Gasteiger partial charge in [-0.3, -0.25) is 48.2 Å². The molecule has 0 radical (unpaired) electrons. The zero-order valence-electron chi connectivity index (χ0n) is 44.5. The first-order valence-corrected chi connectivity index (χ1v) is 26.6. The van der Waals surface area contributed by atoms with Gasteiger partial charge in [-0.1, -0.05) is 36.4 Å². The Labute approximate surface area is 465 Å². The first-order chi connectivity index (χ1) is 39.2. The van der Waals surface area contributed by atoms with Crippen molar-refractivity contribution in [1.29, 1.82) is 0 Å². The SMILES string of the molecule is COc1cc2c(cc1OCc1cc(COc3cc4c(cc3OC)C(=O)N3c5ccccc5C[C@H]3C=N4)cc(NC(=O)CNC(=O)CNC(=O)CNC(=O)CCCCC(=O)ON3C(=O)CCC3=O)c1)CC[C@@H]1Cc3ccccc3N1C2=O. The first-order valence-electron chi connectivity index (χ1n) is 26.6. The number of para-hydroxylation sites is 2. The molecular formula is C59H58N8O14. The minimum Gasteiger partial charge on any atom is -0.493 e. The number of ether oxygens (including phenoxy) is 4. The van der Waals surface area contributed by atoms with Crippen LogP contribution in [0.2, 0.25) is 0 Å². The molecule has 22 heteroatoms. The molecule has 5 aromatic rings. The summed E-state index contributed by atoms with van der Waals surface area (Å²) in [7, 11) is 2.98. The Bertz CT molecular complexity index is 3400. The number of benzene rings is 5. The molecule has 10 rings (SSSR count). The van der Waals surface area contributed by atoms with Crippen molar-refractivity contribution in [3.8, 4) is 23.0 Å². The van der Waals surface area contributed by atoms with E-state index in [0.29, 0.717) is 74.5 Å². The van der Waals surface area contributed by atoms with Crippen LogP contribution in [0.3, 0.4) is 0 Å². The van der Waals surface area contributed by atoms with Crippen molar-refractivity contribution in [1.82, 2.24) is 21.0 Å². The van der Waals surface area contributed by atoms with Crippen molar-refractivity contribution < 1.29 is 66.9 Å². The van der Waals surface area contributed by atoms with Gasteiger partial charge >= 0.3 is 5.97 Å². The van der Waals surface area contributed by atoms with Crippen molar-refractivity contribution in [3.05, 3.63) is 130 Å². The molecule has 0 saturated carbocycles. The van der Waals surface area contributed by atoms with Crippen LogP contribution >= 0.6 is 0 Å². The highest BCUT2D eigenvalue weighted by Crippen LogP contribution is 2.43. The smallest absolute Gasteiger partial charge is 0.333 e. The number of rotatable bonds is 21. The minimum absolute atomic E-state index is 0.0118. The van der Waals surface area contributed by atoms with Gasteiger partial charge < -0.3 is 50.0 Å². The summed E-state index contributed by atoms with van der Waals surface area (Å²) in [5.74, 6) is -3.32. The lowest BCUT2D eigenvalue weighted by Gasteiger charge is -2.23. The lowest BCUT2D eigenvalue weighted by Crippen LogP contribution is -2.43. The second kappa shape index (κ2) is 24.2. The summed E-state index contributed by atoms with van der Waals surface area (Å²) >= 11 is 0. The number of methoxy groups -OCH3 is 2. The Kier molecular flexibility index (Phi) is 16.3. The summed E-state index contributed by atoms with van der Waals surface area (Å²) in [6.07, 6.45) is 4.85. The van der Waals surface area contributed by atoms with Crippen LogP contribution in [0.5, 0.6) is 23.0 Å². The highest BCUT2D eigenvalue weighted by molar-refractivity contribution is 6.15. The van der Waals surface area contributed by atoms with Crippen molar-refractivity contribution in [2.45, 2.75) is 89.5 Å². The van der Waals surface area contributed by atoms with Gasteiger partial charge in [-0.15, -0.1) is 5.06 Å². The van der Waals surface area contributed by atoms with Gasteiger partial charge in [0.2, 0.25) is 23.6 Å². The molecule has 0 unspecified atom stereocenters. The van der Waals surface area contributed by atoms with Gasteiger partial charge in [-0.2, -0.15) is 0 Å². The fraction of sp³-hybridized carbons (Fsp3) is 0.322. The molecule has 2 atom stereocenters. The number of carbonyl (C=O) groups excluding carboxylic acids is 9. The van der Waals surface area contributed by atoms with Gasteiger partial charge in [-0.25, -0.2) is 4.79 Å². The molecule has 5 heterocycles. The third kappa shape index (κ3) is 12.3. The maximum absolute atomic E-state index is 14.1. The summed E-state index contributed by atoms with van der Waals surface area (Å²) in [4.78, 5) is 128. The summed E-state index contributed by atoms with van der Waals surface area (Å²) < 4.78 is 24.4. The minimum atomic E-state index is -0.781. The normalized spacial score (nSPS) is 16.4. The monoisotopic (exact) mass is 1100 g/mol. The standard InChI is InChI=1S/C59H58N8O14/c1-77-47-25-42-36(15-16-40-22-37-9-3-5-11-45(37)65(40)58(42)75)24-49(47)79-32-34-19-35(33-80-50-27-44-43(26-48(50)78-2)59(76)66-41(28-60-44)23-38-10-4-6-12-46(38)66)21-39(20-34)64-54(71)31-63-53(70)30-62-52(69)29-61-51(68)13-7-8-14-57(74)81-67-55(72)17-18-56(67)73/h3-6,9-12,19-21,24-28,40-41H,7-8,13-18,22-23,29-33H2,1-2H3,(H,61,68)(H,62,69)(H,63,70)(H,64,71)/t40-,41+/m1/s1. The van der Waals surface area contributed by atoms with Gasteiger partial charge in [-0.05, 0) is 108 Å². The quantitative estimate of drug-likeness (QED) is 0.0549. The van der Waals surface area contributed by atoms with Crippen LogP contribution in [0.4, 0.5) is 22.7 Å². The fourth-order valence-corrected chi connectivity index (χ4v) is 10.5. The predicted molar refractivity (Wildman–Crippen MR) is 292 cm³/mol. The van der Waals surface area contributed by atoms with Crippen LogP contribution in [0.1, 0.15) is 93.5 Å². The van der Waals surface area contributed by atoms with E-state index in [1.165, 1.54) is 14.2 Å². The van der Waals surface area contributed by atoms with Gasteiger partial charge in [0.05, 0.1) is 51.1 Å². The van der Waals surface area contributed by atoms with Crippen LogP contribution in [0.15, 0.2) is 96.0 Å². The molecule has 0 spiro atoms. The second-order valence-corrected chi connectivity index (χ2v) is 20.0. The molecule has 81 heavy (non-hydrogen) atoms. The molecule has 1 saturated heterocycles. The van der Waals surface area contributed by atoms with Crippen LogP contribution in [-0.4, -0.2) is 110 Å². The van der Waals surface area contributed by atoms with Gasteiger partial charge in [0.1, 0.15) is 13.2 Å². The van der Waals surface area contributed by atoms with Gasteiger partial charge in [0, 0.05) is 73.1 Å². The van der Waals surface area contributed by atoms with Crippen LogP contribution < -0.4 is 50.0 Å². The third-order valence-electron chi connectivity index (χ3n) is 14.5. The van der Waals surface area contributed by atoms with Gasteiger partial charge in [0.15, 0.2) is 23.0 Å². The third-order valence-corrected chi connectivity index (χ3v) is 14.5. The molecule has 0 aromatic heterocycles. The Morgan fingerprint density at radius 2 is 1.15 bits per heavy atom. The van der Waals surface area contributed by atoms with E-state index < -0.39 is 61.0 Å². The first kappa shape index (κ1) is 54.7. The van der Waals surface area contributed by atoms with Crippen molar-refractivity contribution in [2.75, 3.05) is 49.0 Å². The molecule has 4 N–H and O–H groups in total. The summed E-state index contributed by atoms with van der Waals surface area (Å²) in [5.41, 5.74) is 7.61. The largest absolute Gasteiger partial charge is 0.493 e.